The summed E-state index contributed by atoms with van der Waals surface area (Å²) in [6, 6.07) is 8.82. The zero-order valence-corrected chi connectivity index (χ0v) is 11.5. The molecule has 0 amide bonds. The standard InChI is InChI=1S/C14H9Cl2F3O/c15-11-5-9(6-12(16)7-11)13(20)8-1-3-10(4-2-8)14(17,18)19/h1-7,13,20H. The third kappa shape index (κ3) is 3.45. The van der Waals surface area contributed by atoms with Crippen LogP contribution in [0, 0.1) is 0 Å². The van der Waals surface area contributed by atoms with Crippen molar-refractivity contribution in [3.63, 3.8) is 0 Å². The molecule has 1 unspecified atom stereocenters. The Morgan fingerprint density at radius 1 is 0.850 bits per heavy atom. The van der Waals surface area contributed by atoms with E-state index in [2.05, 4.69) is 0 Å². The van der Waals surface area contributed by atoms with E-state index in [1.54, 1.807) is 0 Å². The van der Waals surface area contributed by atoms with Crippen molar-refractivity contribution < 1.29 is 18.3 Å². The van der Waals surface area contributed by atoms with Gasteiger partial charge in [0, 0.05) is 10.0 Å². The Labute approximate surface area is 123 Å². The number of benzene rings is 2. The van der Waals surface area contributed by atoms with E-state index in [1.165, 1.54) is 30.3 Å². The minimum Gasteiger partial charge on any atom is -0.384 e. The highest BCUT2D eigenvalue weighted by Gasteiger charge is 2.30. The quantitative estimate of drug-likeness (QED) is 0.816. The summed E-state index contributed by atoms with van der Waals surface area (Å²) in [4.78, 5) is 0. The summed E-state index contributed by atoms with van der Waals surface area (Å²) in [6.07, 6.45) is -5.49. The van der Waals surface area contributed by atoms with Crippen LogP contribution in [0.25, 0.3) is 0 Å². The monoisotopic (exact) mass is 320 g/mol. The molecule has 0 saturated carbocycles. The summed E-state index contributed by atoms with van der Waals surface area (Å²) in [5, 5.41) is 10.8. The smallest absolute Gasteiger partial charge is 0.384 e. The second-order valence-electron chi connectivity index (χ2n) is 4.23. The first-order valence-electron chi connectivity index (χ1n) is 5.58. The average molecular weight is 321 g/mol. The number of hydrogen-bond donors (Lipinski definition) is 1. The molecule has 0 spiro atoms. The molecule has 2 aromatic rings. The van der Waals surface area contributed by atoms with Crippen molar-refractivity contribution in [2.75, 3.05) is 0 Å². The van der Waals surface area contributed by atoms with Crippen LogP contribution < -0.4 is 0 Å². The molecule has 0 heterocycles. The lowest BCUT2D eigenvalue weighted by Gasteiger charge is -2.14. The summed E-state index contributed by atoms with van der Waals surface area (Å²) in [7, 11) is 0. The summed E-state index contributed by atoms with van der Waals surface area (Å²) in [5.74, 6) is 0. The minimum absolute atomic E-state index is 0.330. The molecule has 2 aromatic carbocycles. The van der Waals surface area contributed by atoms with E-state index in [0.29, 0.717) is 21.2 Å². The molecule has 0 radical (unpaired) electrons. The molecule has 20 heavy (non-hydrogen) atoms. The van der Waals surface area contributed by atoms with Crippen LogP contribution in [0.4, 0.5) is 13.2 Å². The van der Waals surface area contributed by atoms with Gasteiger partial charge in [-0.25, -0.2) is 0 Å². The summed E-state index contributed by atoms with van der Waals surface area (Å²) >= 11 is 11.6. The van der Waals surface area contributed by atoms with Crippen LogP contribution >= 0.6 is 23.2 Å². The average Bonchev–Trinajstić information content (AvgIpc) is 2.36. The maximum atomic E-state index is 12.5. The Morgan fingerprint density at radius 3 is 1.80 bits per heavy atom. The largest absolute Gasteiger partial charge is 0.416 e. The summed E-state index contributed by atoms with van der Waals surface area (Å²) < 4.78 is 37.4. The maximum absolute atomic E-state index is 12.5. The molecule has 1 nitrogen and oxygen atoms in total. The number of rotatable bonds is 2. The van der Waals surface area contributed by atoms with E-state index in [0.717, 1.165) is 12.1 Å². The first-order chi connectivity index (χ1) is 9.27. The molecule has 106 valence electrons. The van der Waals surface area contributed by atoms with Gasteiger partial charge in [-0.2, -0.15) is 13.2 Å². The molecule has 2 rings (SSSR count). The van der Waals surface area contributed by atoms with E-state index in [-0.39, 0.29) is 0 Å². The van der Waals surface area contributed by atoms with Crippen molar-refractivity contribution in [2.24, 2.45) is 0 Å². The topological polar surface area (TPSA) is 20.2 Å². The van der Waals surface area contributed by atoms with Gasteiger partial charge >= 0.3 is 6.18 Å². The van der Waals surface area contributed by atoms with E-state index in [4.69, 9.17) is 23.2 Å². The highest BCUT2D eigenvalue weighted by atomic mass is 35.5. The van der Waals surface area contributed by atoms with Crippen molar-refractivity contribution >= 4 is 23.2 Å². The van der Waals surface area contributed by atoms with Crippen LogP contribution in [-0.2, 0) is 6.18 Å². The fourth-order valence-corrected chi connectivity index (χ4v) is 2.32. The summed E-state index contributed by atoms with van der Waals surface area (Å²) in [5.41, 5.74) is -0.0174. The van der Waals surface area contributed by atoms with Crippen molar-refractivity contribution in [3.05, 3.63) is 69.2 Å². The zero-order valence-electron chi connectivity index (χ0n) is 9.96. The predicted molar refractivity (Wildman–Crippen MR) is 72.0 cm³/mol. The fourth-order valence-electron chi connectivity index (χ4n) is 1.78. The molecule has 0 fully saturated rings. The molecular formula is C14H9Cl2F3O. The number of hydrogen-bond acceptors (Lipinski definition) is 1. The normalized spacial score (nSPS) is 13.3. The Balaban J connectivity index is 2.31. The number of halogens is 5. The number of aliphatic hydroxyl groups excluding tert-OH is 1. The van der Waals surface area contributed by atoms with Crippen LogP contribution in [0.3, 0.4) is 0 Å². The maximum Gasteiger partial charge on any atom is 0.416 e. The van der Waals surface area contributed by atoms with Crippen molar-refractivity contribution in [3.8, 4) is 0 Å². The number of alkyl halides is 3. The number of aliphatic hydroxyl groups is 1. The van der Waals surface area contributed by atoms with Crippen molar-refractivity contribution in [2.45, 2.75) is 12.3 Å². The first-order valence-corrected chi connectivity index (χ1v) is 6.34. The third-order valence-corrected chi connectivity index (χ3v) is 3.19. The van der Waals surface area contributed by atoms with Gasteiger partial charge in [0.25, 0.3) is 0 Å². The van der Waals surface area contributed by atoms with E-state index < -0.39 is 17.8 Å². The van der Waals surface area contributed by atoms with Gasteiger partial charge in [0.2, 0.25) is 0 Å². The van der Waals surface area contributed by atoms with Crippen molar-refractivity contribution in [1.82, 2.24) is 0 Å². The van der Waals surface area contributed by atoms with E-state index in [9.17, 15) is 18.3 Å². The zero-order chi connectivity index (χ0) is 14.9. The lowest BCUT2D eigenvalue weighted by atomic mass is 10.0. The highest BCUT2D eigenvalue weighted by Crippen LogP contribution is 2.32. The molecule has 0 aliphatic rings. The van der Waals surface area contributed by atoms with Crippen LogP contribution in [0.15, 0.2) is 42.5 Å². The molecule has 1 N–H and O–H groups in total. The lowest BCUT2D eigenvalue weighted by Crippen LogP contribution is -2.06. The summed E-state index contributed by atoms with van der Waals surface area (Å²) in [6.45, 7) is 0. The Morgan fingerprint density at radius 2 is 1.35 bits per heavy atom. The van der Waals surface area contributed by atoms with Gasteiger partial charge in [0.05, 0.1) is 5.56 Å². The van der Waals surface area contributed by atoms with Gasteiger partial charge in [-0.15, -0.1) is 0 Å². The molecule has 0 saturated heterocycles. The van der Waals surface area contributed by atoms with Gasteiger partial charge < -0.3 is 5.11 Å². The van der Waals surface area contributed by atoms with Crippen molar-refractivity contribution in [1.29, 1.82) is 0 Å². The van der Waals surface area contributed by atoms with Gasteiger partial charge in [-0.1, -0.05) is 35.3 Å². The molecule has 0 aliphatic heterocycles. The molecule has 0 bridgehead atoms. The van der Waals surface area contributed by atoms with Gasteiger partial charge in [0.15, 0.2) is 0 Å². The Hall–Kier alpha value is -1.23. The lowest BCUT2D eigenvalue weighted by molar-refractivity contribution is -0.137. The van der Waals surface area contributed by atoms with E-state index >= 15 is 0 Å². The molecule has 0 aliphatic carbocycles. The van der Waals surface area contributed by atoms with Crippen LogP contribution in [0.1, 0.15) is 22.8 Å². The predicted octanol–water partition coefficient (Wildman–Crippen LogP) is 5.09. The molecule has 1 atom stereocenters. The van der Waals surface area contributed by atoms with Crippen LogP contribution in [0.5, 0.6) is 0 Å². The minimum atomic E-state index is -4.40. The second kappa shape index (κ2) is 5.64. The van der Waals surface area contributed by atoms with Gasteiger partial charge in [-0.3, -0.25) is 0 Å². The molecular weight excluding hydrogens is 312 g/mol. The third-order valence-electron chi connectivity index (χ3n) is 2.75. The first kappa shape index (κ1) is 15.2. The Bertz CT molecular complexity index is 589. The van der Waals surface area contributed by atoms with E-state index in [1.807, 2.05) is 0 Å². The second-order valence-corrected chi connectivity index (χ2v) is 5.10. The Kier molecular flexibility index (Phi) is 4.28. The SMILES string of the molecule is OC(c1ccc(C(F)(F)F)cc1)c1cc(Cl)cc(Cl)c1. The highest BCUT2D eigenvalue weighted by molar-refractivity contribution is 6.34. The van der Waals surface area contributed by atoms with Gasteiger partial charge in [-0.05, 0) is 41.5 Å². The molecule has 6 heteroatoms. The van der Waals surface area contributed by atoms with Crippen LogP contribution in [0.2, 0.25) is 10.0 Å². The fraction of sp³-hybridized carbons (Fsp3) is 0.143. The van der Waals surface area contributed by atoms with Gasteiger partial charge in [0.1, 0.15) is 6.10 Å². The van der Waals surface area contributed by atoms with Crippen LogP contribution in [-0.4, -0.2) is 5.11 Å². The molecule has 0 aromatic heterocycles.